The number of rotatable bonds is 3. The van der Waals surface area contributed by atoms with E-state index in [0.717, 1.165) is 25.2 Å². The van der Waals surface area contributed by atoms with Gasteiger partial charge < -0.3 is 14.4 Å². The van der Waals surface area contributed by atoms with Crippen LogP contribution in [0.3, 0.4) is 0 Å². The number of hydrogen-bond donors (Lipinski definition) is 1. The van der Waals surface area contributed by atoms with Crippen molar-refractivity contribution in [2.24, 2.45) is 0 Å². The monoisotopic (exact) mass is 404 g/mol. The number of fused-ring (bicyclic) bond motifs is 3. The largest absolute Gasteiger partial charge is 0.507 e. The van der Waals surface area contributed by atoms with Crippen LogP contribution in [0.5, 0.6) is 5.75 Å². The van der Waals surface area contributed by atoms with Crippen LogP contribution >= 0.6 is 0 Å². The Hall–Kier alpha value is -2.79. The molecule has 1 fully saturated rings. The average Bonchev–Trinajstić information content (AvgIpc) is 2.73. The molecule has 3 heterocycles. The van der Waals surface area contributed by atoms with Crippen LogP contribution in [0.15, 0.2) is 51.7 Å². The van der Waals surface area contributed by atoms with E-state index < -0.39 is 11.0 Å². The zero-order chi connectivity index (χ0) is 21.2. The van der Waals surface area contributed by atoms with Gasteiger partial charge in [-0.3, -0.25) is 4.90 Å². The number of aromatic hydroxyl groups is 1. The van der Waals surface area contributed by atoms with Crippen molar-refractivity contribution in [1.82, 2.24) is 4.90 Å². The first kappa shape index (κ1) is 19.2. The lowest BCUT2D eigenvalue weighted by Gasteiger charge is -2.55. The van der Waals surface area contributed by atoms with Gasteiger partial charge in [-0.05, 0) is 36.2 Å². The third kappa shape index (κ3) is 2.54. The minimum Gasteiger partial charge on any atom is -0.507 e. The Balaban J connectivity index is 1.71. The summed E-state index contributed by atoms with van der Waals surface area (Å²) >= 11 is 0. The van der Waals surface area contributed by atoms with Gasteiger partial charge in [0.1, 0.15) is 11.3 Å². The van der Waals surface area contributed by atoms with Crippen molar-refractivity contribution in [2.75, 3.05) is 32.1 Å². The molecule has 0 radical (unpaired) electrons. The van der Waals surface area contributed by atoms with Gasteiger partial charge in [0.2, 0.25) is 0 Å². The maximum Gasteiger partial charge on any atom is 0.343 e. The number of piperidine rings is 1. The number of nitrogens with zero attached hydrogens (tertiary/aromatic N) is 2. The maximum atomic E-state index is 13.2. The second-order valence-electron chi connectivity index (χ2n) is 9.09. The summed E-state index contributed by atoms with van der Waals surface area (Å²) in [5.74, 6) is 0.202. The quantitative estimate of drug-likeness (QED) is 0.657. The molecule has 3 aliphatic rings. The predicted octanol–water partition coefficient (Wildman–Crippen LogP) is 4.39. The molecule has 5 nitrogen and oxygen atoms in total. The zero-order valence-corrected chi connectivity index (χ0v) is 18.0. The van der Waals surface area contributed by atoms with E-state index in [0.29, 0.717) is 16.5 Å². The van der Waals surface area contributed by atoms with E-state index in [9.17, 15) is 9.90 Å². The highest BCUT2D eigenvalue weighted by Crippen LogP contribution is 2.58. The lowest BCUT2D eigenvalue weighted by molar-refractivity contribution is 0.0599. The van der Waals surface area contributed by atoms with E-state index >= 15 is 0 Å². The Morgan fingerprint density at radius 2 is 1.93 bits per heavy atom. The molecule has 0 unspecified atom stereocenters. The van der Waals surface area contributed by atoms with Crippen molar-refractivity contribution < 1.29 is 9.52 Å². The molecule has 5 heteroatoms. The minimum absolute atomic E-state index is 0.0714. The fourth-order valence-electron chi connectivity index (χ4n) is 5.70. The molecule has 6 rings (SSSR count). The molecule has 0 spiro atoms. The van der Waals surface area contributed by atoms with Crippen molar-refractivity contribution in [2.45, 2.75) is 37.6 Å². The third-order valence-corrected chi connectivity index (χ3v) is 7.33. The first-order valence-electron chi connectivity index (χ1n) is 10.7. The second kappa shape index (κ2) is 6.61. The van der Waals surface area contributed by atoms with Crippen molar-refractivity contribution in [3.63, 3.8) is 0 Å². The Bertz CT molecular complexity index is 1200. The normalized spacial score (nSPS) is 25.5. The molecule has 0 saturated carbocycles. The summed E-state index contributed by atoms with van der Waals surface area (Å²) in [4.78, 5) is 17.7. The summed E-state index contributed by atoms with van der Waals surface area (Å²) in [7, 11) is 3.87. The van der Waals surface area contributed by atoms with Gasteiger partial charge >= 0.3 is 5.63 Å². The van der Waals surface area contributed by atoms with Crippen molar-refractivity contribution >= 4 is 16.7 Å². The van der Waals surface area contributed by atoms with Gasteiger partial charge in [-0.2, -0.15) is 0 Å². The Morgan fingerprint density at radius 1 is 1.20 bits per heavy atom. The second-order valence-corrected chi connectivity index (χ2v) is 9.09. The van der Waals surface area contributed by atoms with Crippen LogP contribution in [0, 0.1) is 0 Å². The fraction of sp³-hybridized carbons (Fsp3) is 0.400. The minimum atomic E-state index is -0.482. The summed E-state index contributed by atoms with van der Waals surface area (Å²) in [6.45, 7) is 6.16. The van der Waals surface area contributed by atoms with Crippen molar-refractivity contribution in [3.05, 3.63) is 69.6 Å². The number of benzene rings is 2. The highest BCUT2D eigenvalue weighted by Gasteiger charge is 2.53. The van der Waals surface area contributed by atoms with E-state index in [4.69, 9.17) is 4.42 Å². The van der Waals surface area contributed by atoms with Gasteiger partial charge in [-0.25, -0.2) is 4.79 Å². The van der Waals surface area contributed by atoms with Crippen LogP contribution in [0.1, 0.15) is 48.9 Å². The third-order valence-electron chi connectivity index (χ3n) is 7.33. The highest BCUT2D eigenvalue weighted by atomic mass is 16.4. The van der Waals surface area contributed by atoms with Gasteiger partial charge in [0.15, 0.2) is 0 Å². The molecule has 30 heavy (non-hydrogen) atoms. The maximum absolute atomic E-state index is 13.2. The van der Waals surface area contributed by atoms with E-state index in [1.165, 1.54) is 11.1 Å². The average molecular weight is 405 g/mol. The molecule has 1 aromatic heterocycles. The van der Waals surface area contributed by atoms with E-state index in [-0.39, 0.29) is 17.7 Å². The molecule has 156 valence electrons. The summed E-state index contributed by atoms with van der Waals surface area (Å²) in [5.41, 5.74) is 3.51. The zero-order valence-electron chi connectivity index (χ0n) is 18.0. The lowest BCUT2D eigenvalue weighted by atomic mass is 9.57. The smallest absolute Gasteiger partial charge is 0.343 e. The Kier molecular flexibility index (Phi) is 4.23. The van der Waals surface area contributed by atoms with Crippen LogP contribution in [-0.4, -0.2) is 37.2 Å². The first-order valence-corrected chi connectivity index (χ1v) is 10.7. The Morgan fingerprint density at radius 3 is 2.63 bits per heavy atom. The van der Waals surface area contributed by atoms with E-state index in [2.05, 4.69) is 43.0 Å². The summed E-state index contributed by atoms with van der Waals surface area (Å²) in [5, 5.41) is 11.9. The van der Waals surface area contributed by atoms with Crippen LogP contribution in [0.4, 0.5) is 5.69 Å². The highest BCUT2D eigenvalue weighted by molar-refractivity contribution is 5.87. The Labute approximate surface area is 176 Å². The molecule has 3 atom stereocenters. The van der Waals surface area contributed by atoms with Gasteiger partial charge in [0.25, 0.3) is 0 Å². The summed E-state index contributed by atoms with van der Waals surface area (Å²) in [6, 6.07) is 14.4. The van der Waals surface area contributed by atoms with Crippen molar-refractivity contribution in [3.8, 4) is 5.75 Å². The van der Waals surface area contributed by atoms with Crippen LogP contribution in [0.25, 0.3) is 11.0 Å². The summed E-state index contributed by atoms with van der Waals surface area (Å²) in [6.07, 6.45) is 0.794. The fourth-order valence-corrected chi connectivity index (χ4v) is 5.70. The molecular weight excluding hydrogens is 376 g/mol. The van der Waals surface area contributed by atoms with E-state index in [1.807, 2.05) is 37.2 Å². The number of hydrogen-bond acceptors (Lipinski definition) is 5. The molecule has 2 bridgehead atoms. The van der Waals surface area contributed by atoms with Crippen molar-refractivity contribution in [1.29, 1.82) is 0 Å². The van der Waals surface area contributed by atoms with Crippen LogP contribution in [-0.2, 0) is 5.41 Å². The number of anilines is 1. The first-order chi connectivity index (χ1) is 14.3. The van der Waals surface area contributed by atoms with Crippen LogP contribution < -0.4 is 10.5 Å². The summed E-state index contributed by atoms with van der Waals surface area (Å²) < 4.78 is 5.78. The standard InChI is InChI=1S/C25H28N2O3/c1-5-27-14-19-16-8-6-7-9-17(16)20(27)13-25(19,2)22-23(28)18-11-10-15(26(3)4)12-21(18)30-24(22)29/h6-12,19-20,28H,5,13-14H2,1-4H3/t19-,20-,25+/m0/s1. The molecule has 1 N–H and O–H groups in total. The molecule has 1 saturated heterocycles. The lowest BCUT2D eigenvalue weighted by Crippen LogP contribution is -2.54. The molecule has 3 aromatic rings. The van der Waals surface area contributed by atoms with Crippen LogP contribution in [0.2, 0.25) is 0 Å². The molecule has 2 aromatic carbocycles. The van der Waals surface area contributed by atoms with Gasteiger partial charge in [-0.1, -0.05) is 38.1 Å². The van der Waals surface area contributed by atoms with Gasteiger partial charge in [0, 0.05) is 49.8 Å². The van der Waals surface area contributed by atoms with E-state index in [1.54, 1.807) is 0 Å². The molecule has 1 aliphatic carbocycles. The molecular formula is C25H28N2O3. The predicted molar refractivity (Wildman–Crippen MR) is 120 cm³/mol. The molecule has 0 amide bonds. The molecule has 2 aliphatic heterocycles. The van der Waals surface area contributed by atoms with Gasteiger partial charge in [0.05, 0.1) is 10.9 Å². The topological polar surface area (TPSA) is 56.9 Å². The number of likely N-dealkylation sites (N-methyl/N-ethyl adjacent to an activating group) is 1. The van der Waals surface area contributed by atoms with Gasteiger partial charge in [-0.15, -0.1) is 0 Å². The SMILES string of the molecule is CCN1C[C@H]2c3ccccc3[C@@H]1C[C@@]2(C)c1c(O)c2ccc(N(C)C)cc2oc1=O.